The molecule has 0 saturated carbocycles. The van der Waals surface area contributed by atoms with Gasteiger partial charge in [-0.25, -0.2) is 22.0 Å². The van der Waals surface area contributed by atoms with Crippen LogP contribution < -0.4 is 0 Å². The zero-order chi connectivity index (χ0) is 15.1. The second-order valence-electron chi connectivity index (χ2n) is 5.48. The van der Waals surface area contributed by atoms with Crippen LogP contribution in [0.4, 0.5) is 22.0 Å². The minimum atomic E-state index is -2.10. The van der Waals surface area contributed by atoms with Crippen LogP contribution in [0.15, 0.2) is 11.6 Å². The van der Waals surface area contributed by atoms with Gasteiger partial charge in [-0.05, 0) is 25.7 Å². The van der Waals surface area contributed by atoms with Crippen LogP contribution in [0.5, 0.6) is 0 Å². The van der Waals surface area contributed by atoms with Crippen LogP contribution in [-0.4, -0.2) is 10.5 Å². The molecule has 21 heavy (non-hydrogen) atoms. The van der Waals surface area contributed by atoms with E-state index in [1.165, 1.54) is 0 Å². The highest BCUT2D eigenvalue weighted by atomic mass is 32.2. The number of thioether (sulfide) groups is 1. The van der Waals surface area contributed by atoms with Crippen molar-refractivity contribution in [1.29, 1.82) is 0 Å². The van der Waals surface area contributed by atoms with Gasteiger partial charge < -0.3 is 0 Å². The summed E-state index contributed by atoms with van der Waals surface area (Å²) in [6.07, 6.45) is 5.53. The summed E-state index contributed by atoms with van der Waals surface area (Å²) in [4.78, 5) is 0. The summed E-state index contributed by atoms with van der Waals surface area (Å²) in [5.41, 5.74) is 0.0503. The molecule has 2 heterocycles. The molecule has 1 aromatic carbocycles. The summed E-state index contributed by atoms with van der Waals surface area (Å²) >= 11 is 1.83. The summed E-state index contributed by atoms with van der Waals surface area (Å²) in [7, 11) is 0. The third-order valence-corrected chi connectivity index (χ3v) is 5.51. The van der Waals surface area contributed by atoms with Crippen molar-refractivity contribution in [3.63, 3.8) is 0 Å². The molecule has 0 N–H and O–H groups in total. The Balaban J connectivity index is 1.94. The Morgan fingerprint density at radius 2 is 1.52 bits per heavy atom. The van der Waals surface area contributed by atoms with E-state index in [-0.39, 0.29) is 6.42 Å². The van der Waals surface area contributed by atoms with E-state index in [4.69, 9.17) is 0 Å². The second-order valence-corrected chi connectivity index (χ2v) is 7.03. The molecule has 114 valence electrons. The molecular weight excluding hydrogens is 307 g/mol. The topological polar surface area (TPSA) is 0 Å². The molecule has 0 nitrogen and oxygen atoms in total. The maximum Gasteiger partial charge on any atom is 0.200 e. The number of hydrogen-bond acceptors (Lipinski definition) is 1. The van der Waals surface area contributed by atoms with Crippen LogP contribution in [0.2, 0.25) is 0 Å². The van der Waals surface area contributed by atoms with E-state index >= 15 is 0 Å². The number of hydrogen-bond donors (Lipinski definition) is 0. The molecule has 6 heteroatoms. The van der Waals surface area contributed by atoms with Gasteiger partial charge in [0.05, 0.1) is 0 Å². The number of allylic oxidation sites excluding steroid dienone is 1. The van der Waals surface area contributed by atoms with E-state index in [2.05, 4.69) is 0 Å². The minimum absolute atomic E-state index is 0.209. The summed E-state index contributed by atoms with van der Waals surface area (Å²) in [5.74, 6) is -9.25. The Labute approximate surface area is 123 Å². The molecule has 0 radical (unpaired) electrons. The van der Waals surface area contributed by atoms with Gasteiger partial charge in [0.15, 0.2) is 23.3 Å². The van der Waals surface area contributed by atoms with Crippen molar-refractivity contribution >= 4 is 11.8 Å². The first-order valence-corrected chi connectivity index (χ1v) is 7.77. The van der Waals surface area contributed by atoms with Gasteiger partial charge in [-0.2, -0.15) is 11.8 Å². The van der Waals surface area contributed by atoms with Gasteiger partial charge in [0.2, 0.25) is 5.82 Å². The maximum atomic E-state index is 13.7. The van der Waals surface area contributed by atoms with E-state index in [0.717, 1.165) is 24.8 Å². The maximum absolute atomic E-state index is 13.7. The van der Waals surface area contributed by atoms with Crippen LogP contribution >= 0.6 is 11.8 Å². The monoisotopic (exact) mass is 320 g/mol. The van der Waals surface area contributed by atoms with Crippen molar-refractivity contribution in [2.75, 3.05) is 0 Å². The fraction of sp³-hybridized carbons (Fsp3) is 0.467. The van der Waals surface area contributed by atoms with E-state index in [9.17, 15) is 22.0 Å². The standard InChI is InChI=1S/C15H13F5S/c16-11-10(12(17)14(19)15(20)13(11)18)6-7-4-8-2-1-3-9(5-7)21-8/h4,8-9H,1-3,5-6H2. The van der Waals surface area contributed by atoms with Crippen molar-refractivity contribution in [3.8, 4) is 0 Å². The van der Waals surface area contributed by atoms with Crippen LogP contribution in [0.1, 0.15) is 31.2 Å². The summed E-state index contributed by atoms with van der Waals surface area (Å²) in [6, 6.07) is 0. The lowest BCUT2D eigenvalue weighted by Crippen LogP contribution is -2.23. The van der Waals surface area contributed by atoms with E-state index in [0.29, 0.717) is 16.9 Å². The minimum Gasteiger partial charge on any atom is -0.203 e. The first-order valence-electron chi connectivity index (χ1n) is 6.82. The average molecular weight is 320 g/mol. The second kappa shape index (κ2) is 5.63. The Morgan fingerprint density at radius 1 is 0.905 bits per heavy atom. The average Bonchev–Trinajstić information content (AvgIpc) is 2.47. The van der Waals surface area contributed by atoms with Crippen molar-refractivity contribution in [3.05, 3.63) is 46.3 Å². The summed E-state index contributed by atoms with van der Waals surface area (Å²) < 4.78 is 66.8. The van der Waals surface area contributed by atoms with Crippen molar-refractivity contribution in [2.24, 2.45) is 0 Å². The van der Waals surface area contributed by atoms with Gasteiger partial charge in [-0.15, -0.1) is 0 Å². The highest BCUT2D eigenvalue weighted by Gasteiger charge is 2.30. The number of fused-ring (bicyclic) bond motifs is 2. The molecule has 2 aliphatic heterocycles. The van der Waals surface area contributed by atoms with Crippen molar-refractivity contribution in [2.45, 2.75) is 42.6 Å². The fourth-order valence-electron chi connectivity index (χ4n) is 2.99. The van der Waals surface area contributed by atoms with Gasteiger partial charge in [0.25, 0.3) is 0 Å². The Hall–Kier alpha value is -1.04. The first-order chi connectivity index (χ1) is 9.97. The molecule has 2 unspecified atom stereocenters. The predicted octanol–water partition coefficient (Wildman–Crippen LogP) is 4.91. The van der Waals surface area contributed by atoms with E-state index < -0.39 is 34.6 Å². The van der Waals surface area contributed by atoms with Crippen LogP contribution in [0, 0.1) is 29.1 Å². The molecule has 1 saturated heterocycles. The van der Waals surface area contributed by atoms with Crippen molar-refractivity contribution < 1.29 is 22.0 Å². The van der Waals surface area contributed by atoms with Crippen LogP contribution in [-0.2, 0) is 6.42 Å². The third-order valence-electron chi connectivity index (χ3n) is 4.00. The number of benzene rings is 1. The van der Waals surface area contributed by atoms with Gasteiger partial charge >= 0.3 is 0 Å². The summed E-state index contributed by atoms with van der Waals surface area (Å²) in [5, 5.41) is 0.693. The third kappa shape index (κ3) is 2.70. The van der Waals surface area contributed by atoms with Crippen LogP contribution in [0.3, 0.4) is 0 Å². The smallest absolute Gasteiger partial charge is 0.200 e. The lowest BCUT2D eigenvalue weighted by Gasteiger charge is -2.33. The molecule has 2 aliphatic rings. The molecule has 1 fully saturated rings. The molecule has 0 spiro atoms. The highest BCUT2D eigenvalue weighted by Crippen LogP contribution is 2.41. The van der Waals surface area contributed by atoms with Crippen LogP contribution in [0.25, 0.3) is 0 Å². The quantitative estimate of drug-likeness (QED) is 0.323. The first kappa shape index (κ1) is 14.9. The number of rotatable bonds is 2. The predicted molar refractivity (Wildman–Crippen MR) is 71.7 cm³/mol. The molecule has 3 rings (SSSR count). The lowest BCUT2D eigenvalue weighted by atomic mass is 9.93. The Kier molecular flexibility index (Phi) is 3.99. The zero-order valence-electron chi connectivity index (χ0n) is 11.1. The van der Waals surface area contributed by atoms with E-state index in [1.54, 1.807) is 0 Å². The van der Waals surface area contributed by atoms with Gasteiger partial charge in [-0.3, -0.25) is 0 Å². The lowest BCUT2D eigenvalue weighted by molar-refractivity contribution is 0.371. The Morgan fingerprint density at radius 3 is 2.14 bits per heavy atom. The number of halogens is 5. The Bertz CT molecular complexity index is 582. The molecule has 2 atom stereocenters. The zero-order valence-corrected chi connectivity index (χ0v) is 11.9. The van der Waals surface area contributed by atoms with Gasteiger partial charge in [0, 0.05) is 16.1 Å². The normalized spacial score (nSPS) is 24.9. The fourth-order valence-corrected chi connectivity index (χ4v) is 4.67. The molecular formula is C15H13F5S. The molecule has 0 aromatic heterocycles. The largest absolute Gasteiger partial charge is 0.203 e. The molecule has 1 aromatic rings. The van der Waals surface area contributed by atoms with Gasteiger partial charge in [0.1, 0.15) is 0 Å². The van der Waals surface area contributed by atoms with Gasteiger partial charge in [-0.1, -0.05) is 18.1 Å². The summed E-state index contributed by atoms with van der Waals surface area (Å²) in [6.45, 7) is 0. The van der Waals surface area contributed by atoms with Crippen molar-refractivity contribution in [1.82, 2.24) is 0 Å². The molecule has 0 amide bonds. The van der Waals surface area contributed by atoms with E-state index in [1.807, 2.05) is 17.8 Å². The SMILES string of the molecule is Fc1c(F)c(F)c(CC2=CC3CCCC(C2)S3)c(F)c1F. The highest BCUT2D eigenvalue weighted by molar-refractivity contribution is 8.00. The molecule has 2 bridgehead atoms. The molecule has 0 aliphatic carbocycles.